The van der Waals surface area contributed by atoms with Crippen LogP contribution in [0.5, 0.6) is 0 Å². The van der Waals surface area contributed by atoms with Gasteiger partial charge < -0.3 is 5.32 Å². The fraction of sp³-hybridized carbons (Fsp3) is 0.571. The second-order valence-corrected chi connectivity index (χ2v) is 6.00. The Morgan fingerprint density at radius 1 is 1.39 bits per heavy atom. The van der Waals surface area contributed by atoms with E-state index in [2.05, 4.69) is 39.7 Å². The lowest BCUT2D eigenvalue weighted by molar-refractivity contribution is 0.161. The molecule has 0 amide bonds. The number of benzene rings is 1. The SMILES string of the molecule is CCC[C@H](c1cc(I)ccc1F)N1CCNCC1. The summed E-state index contributed by atoms with van der Waals surface area (Å²) in [6.45, 7) is 6.20. The van der Waals surface area contributed by atoms with Crippen LogP contribution in [0.1, 0.15) is 31.4 Å². The molecule has 1 N–H and O–H groups in total. The number of nitrogens with one attached hydrogen (secondary N) is 1. The summed E-state index contributed by atoms with van der Waals surface area (Å²) in [7, 11) is 0. The molecule has 1 fully saturated rings. The van der Waals surface area contributed by atoms with Gasteiger partial charge >= 0.3 is 0 Å². The first-order valence-corrected chi connectivity index (χ1v) is 7.70. The molecule has 2 rings (SSSR count). The predicted molar refractivity (Wildman–Crippen MR) is 81.2 cm³/mol. The second kappa shape index (κ2) is 6.82. The molecule has 0 aromatic heterocycles. The molecular weight excluding hydrogens is 342 g/mol. The molecule has 1 aromatic rings. The number of rotatable bonds is 4. The highest BCUT2D eigenvalue weighted by Gasteiger charge is 2.23. The van der Waals surface area contributed by atoms with Crippen LogP contribution in [0.3, 0.4) is 0 Å². The van der Waals surface area contributed by atoms with Gasteiger partial charge in [-0.2, -0.15) is 0 Å². The summed E-state index contributed by atoms with van der Waals surface area (Å²) < 4.78 is 15.2. The molecule has 1 aliphatic heterocycles. The molecule has 0 aliphatic carbocycles. The molecular formula is C14H20FIN2. The van der Waals surface area contributed by atoms with Crippen molar-refractivity contribution in [3.8, 4) is 0 Å². The zero-order valence-electron chi connectivity index (χ0n) is 10.8. The molecule has 0 spiro atoms. The molecule has 0 radical (unpaired) electrons. The molecule has 1 atom stereocenters. The monoisotopic (exact) mass is 362 g/mol. The zero-order chi connectivity index (χ0) is 13.0. The zero-order valence-corrected chi connectivity index (χ0v) is 12.9. The number of nitrogens with zero attached hydrogens (tertiary/aromatic N) is 1. The fourth-order valence-corrected chi connectivity index (χ4v) is 3.09. The van der Waals surface area contributed by atoms with Gasteiger partial charge in [-0.15, -0.1) is 0 Å². The van der Waals surface area contributed by atoms with Crippen molar-refractivity contribution in [2.75, 3.05) is 26.2 Å². The van der Waals surface area contributed by atoms with Crippen molar-refractivity contribution in [1.82, 2.24) is 10.2 Å². The van der Waals surface area contributed by atoms with Gasteiger partial charge in [0.15, 0.2) is 0 Å². The third kappa shape index (κ3) is 3.42. The largest absolute Gasteiger partial charge is 0.314 e. The van der Waals surface area contributed by atoms with Crippen molar-refractivity contribution in [3.05, 3.63) is 33.1 Å². The van der Waals surface area contributed by atoms with Crippen molar-refractivity contribution >= 4 is 22.6 Å². The molecule has 1 heterocycles. The van der Waals surface area contributed by atoms with Crippen molar-refractivity contribution in [1.29, 1.82) is 0 Å². The summed E-state index contributed by atoms with van der Waals surface area (Å²) >= 11 is 2.26. The van der Waals surface area contributed by atoms with Crippen molar-refractivity contribution in [3.63, 3.8) is 0 Å². The molecule has 1 saturated heterocycles. The molecule has 0 bridgehead atoms. The van der Waals surface area contributed by atoms with Crippen LogP contribution in [0.25, 0.3) is 0 Å². The van der Waals surface area contributed by atoms with E-state index in [0.717, 1.165) is 48.2 Å². The topological polar surface area (TPSA) is 15.3 Å². The normalized spacial score (nSPS) is 18.8. The standard InChI is InChI=1S/C14H20FIN2/c1-2-3-14(18-8-6-17-7-9-18)12-10-11(16)4-5-13(12)15/h4-5,10,14,17H,2-3,6-9H2,1H3/t14-/m1/s1. The van der Waals surface area contributed by atoms with Crippen molar-refractivity contribution < 1.29 is 4.39 Å². The number of halogens is 2. The van der Waals surface area contributed by atoms with Crippen LogP contribution in [0, 0.1) is 9.39 Å². The Morgan fingerprint density at radius 2 is 2.11 bits per heavy atom. The van der Waals surface area contributed by atoms with Crippen molar-refractivity contribution in [2.45, 2.75) is 25.8 Å². The van der Waals surface area contributed by atoms with Gasteiger partial charge in [-0.25, -0.2) is 4.39 Å². The highest BCUT2D eigenvalue weighted by molar-refractivity contribution is 14.1. The second-order valence-electron chi connectivity index (χ2n) is 4.76. The Hall–Kier alpha value is -0.200. The maximum atomic E-state index is 14.1. The quantitative estimate of drug-likeness (QED) is 0.828. The fourth-order valence-electron chi connectivity index (χ4n) is 2.57. The predicted octanol–water partition coefficient (Wildman–Crippen LogP) is 3.18. The van der Waals surface area contributed by atoms with Gasteiger partial charge in [0.2, 0.25) is 0 Å². The van der Waals surface area contributed by atoms with E-state index in [1.165, 1.54) is 0 Å². The Balaban J connectivity index is 2.24. The lowest BCUT2D eigenvalue weighted by Gasteiger charge is -2.35. The first kappa shape index (κ1) is 14.2. The van der Waals surface area contributed by atoms with E-state index in [1.54, 1.807) is 6.07 Å². The van der Waals surface area contributed by atoms with Crippen LogP contribution >= 0.6 is 22.6 Å². The summed E-state index contributed by atoms with van der Waals surface area (Å²) in [6.07, 6.45) is 2.11. The lowest BCUT2D eigenvalue weighted by Crippen LogP contribution is -2.45. The Bertz CT molecular complexity index is 391. The summed E-state index contributed by atoms with van der Waals surface area (Å²) in [6, 6.07) is 5.66. The van der Waals surface area contributed by atoms with E-state index < -0.39 is 0 Å². The molecule has 0 unspecified atom stereocenters. The van der Waals surface area contributed by atoms with E-state index in [-0.39, 0.29) is 11.9 Å². The van der Waals surface area contributed by atoms with Crippen LogP contribution in [0.4, 0.5) is 4.39 Å². The molecule has 1 aliphatic rings. The highest BCUT2D eigenvalue weighted by Crippen LogP contribution is 2.29. The Kier molecular flexibility index (Phi) is 5.38. The third-order valence-corrected chi connectivity index (χ3v) is 4.14. The van der Waals surface area contributed by atoms with Gasteiger partial charge in [0.25, 0.3) is 0 Å². The maximum Gasteiger partial charge on any atom is 0.128 e. The van der Waals surface area contributed by atoms with E-state index in [1.807, 2.05) is 12.1 Å². The van der Waals surface area contributed by atoms with Crippen LogP contribution in [-0.4, -0.2) is 31.1 Å². The third-order valence-electron chi connectivity index (χ3n) is 3.47. The first-order chi connectivity index (χ1) is 8.72. The van der Waals surface area contributed by atoms with E-state index >= 15 is 0 Å². The van der Waals surface area contributed by atoms with Gasteiger partial charge in [-0.3, -0.25) is 4.90 Å². The molecule has 18 heavy (non-hydrogen) atoms. The molecule has 100 valence electrons. The van der Waals surface area contributed by atoms with Crippen LogP contribution in [-0.2, 0) is 0 Å². The van der Waals surface area contributed by atoms with Gasteiger partial charge in [-0.1, -0.05) is 13.3 Å². The average molecular weight is 362 g/mol. The van der Waals surface area contributed by atoms with Gasteiger partial charge in [0, 0.05) is 41.4 Å². The number of hydrogen-bond donors (Lipinski definition) is 1. The minimum atomic E-state index is -0.0626. The summed E-state index contributed by atoms with van der Waals surface area (Å²) in [4.78, 5) is 2.41. The van der Waals surface area contributed by atoms with Gasteiger partial charge in [-0.05, 0) is 47.2 Å². The molecule has 1 aromatic carbocycles. The van der Waals surface area contributed by atoms with E-state index in [4.69, 9.17) is 0 Å². The van der Waals surface area contributed by atoms with E-state index in [0.29, 0.717) is 0 Å². The summed E-state index contributed by atoms with van der Waals surface area (Å²) in [5, 5.41) is 3.35. The lowest BCUT2D eigenvalue weighted by atomic mass is 9.99. The highest BCUT2D eigenvalue weighted by atomic mass is 127. The number of piperazine rings is 1. The van der Waals surface area contributed by atoms with Gasteiger partial charge in [0.1, 0.15) is 5.82 Å². The van der Waals surface area contributed by atoms with Crippen molar-refractivity contribution in [2.24, 2.45) is 0 Å². The Labute approximate surface area is 122 Å². The molecule has 4 heteroatoms. The molecule has 0 saturated carbocycles. The molecule has 2 nitrogen and oxygen atoms in total. The van der Waals surface area contributed by atoms with Crippen LogP contribution in [0.2, 0.25) is 0 Å². The smallest absolute Gasteiger partial charge is 0.128 e. The average Bonchev–Trinajstić information content (AvgIpc) is 2.40. The maximum absolute atomic E-state index is 14.1. The van der Waals surface area contributed by atoms with E-state index in [9.17, 15) is 4.39 Å². The minimum Gasteiger partial charge on any atom is -0.314 e. The summed E-state index contributed by atoms with van der Waals surface area (Å²) in [5.74, 6) is -0.0626. The van der Waals surface area contributed by atoms with Crippen LogP contribution < -0.4 is 5.32 Å². The minimum absolute atomic E-state index is 0.0626. The summed E-state index contributed by atoms with van der Waals surface area (Å²) in [5.41, 5.74) is 0.866. The first-order valence-electron chi connectivity index (χ1n) is 6.62. The van der Waals surface area contributed by atoms with Gasteiger partial charge in [0.05, 0.1) is 0 Å². The Morgan fingerprint density at radius 3 is 2.78 bits per heavy atom. The number of hydrogen-bond acceptors (Lipinski definition) is 2. The van der Waals surface area contributed by atoms with Crippen LogP contribution in [0.15, 0.2) is 18.2 Å².